The van der Waals surface area contributed by atoms with Crippen molar-refractivity contribution in [3.8, 4) is 5.75 Å². The molecule has 2 aliphatic heterocycles. The van der Waals surface area contributed by atoms with Crippen LogP contribution in [0, 0.1) is 5.82 Å². The lowest BCUT2D eigenvalue weighted by Gasteiger charge is -2.36. The third-order valence-electron chi connectivity index (χ3n) is 8.51. The number of hydrogen-bond acceptors (Lipinski definition) is 4. The summed E-state index contributed by atoms with van der Waals surface area (Å²) in [6, 6.07) is 26.7. The number of carbonyl (C=O) groups is 3. The van der Waals surface area contributed by atoms with Crippen LogP contribution in [-0.4, -0.2) is 47.4 Å². The van der Waals surface area contributed by atoms with Crippen LogP contribution < -0.4 is 15.0 Å². The van der Waals surface area contributed by atoms with Crippen molar-refractivity contribution >= 4 is 34.4 Å². The molecule has 0 bridgehead atoms. The molecule has 1 aromatic heterocycles. The van der Waals surface area contributed by atoms with Crippen molar-refractivity contribution in [2.24, 2.45) is 0 Å². The van der Waals surface area contributed by atoms with Gasteiger partial charge in [0, 0.05) is 35.1 Å². The average molecular weight is 589 g/mol. The lowest BCUT2D eigenvalue weighted by atomic mass is 9.89. The Balaban J connectivity index is 1.16. The quantitative estimate of drug-likeness (QED) is 0.236. The summed E-state index contributed by atoms with van der Waals surface area (Å²) < 4.78 is 19.3. The van der Waals surface area contributed by atoms with Gasteiger partial charge in [-0.1, -0.05) is 48.5 Å². The average Bonchev–Trinajstić information content (AvgIpc) is 3.55. The first-order chi connectivity index (χ1) is 21.4. The molecule has 0 aliphatic carbocycles. The van der Waals surface area contributed by atoms with E-state index in [0.29, 0.717) is 35.4 Å². The Bertz CT molecular complexity index is 1900. The zero-order valence-electron chi connectivity index (χ0n) is 23.9. The summed E-state index contributed by atoms with van der Waals surface area (Å²) in [5.74, 6) is -0.252. The van der Waals surface area contributed by atoms with Gasteiger partial charge >= 0.3 is 6.03 Å². The summed E-state index contributed by atoms with van der Waals surface area (Å²) >= 11 is 0. The second kappa shape index (κ2) is 11.0. The van der Waals surface area contributed by atoms with Gasteiger partial charge in [-0.15, -0.1) is 0 Å². The van der Waals surface area contributed by atoms with E-state index in [0.717, 1.165) is 27.7 Å². The van der Waals surface area contributed by atoms with Crippen LogP contribution in [0.1, 0.15) is 38.8 Å². The van der Waals surface area contributed by atoms with E-state index in [4.69, 9.17) is 4.74 Å². The highest BCUT2D eigenvalue weighted by Gasteiger charge is 2.53. The number of fused-ring (bicyclic) bond motifs is 4. The number of anilines is 1. The third-order valence-corrected chi connectivity index (χ3v) is 8.51. The predicted octanol–water partition coefficient (Wildman–Crippen LogP) is 5.77. The van der Waals surface area contributed by atoms with Crippen LogP contribution in [0.15, 0.2) is 97.1 Å². The Morgan fingerprint density at radius 2 is 1.68 bits per heavy atom. The van der Waals surface area contributed by atoms with E-state index in [1.165, 1.54) is 11.0 Å². The summed E-state index contributed by atoms with van der Waals surface area (Å²) in [4.78, 5) is 47.2. The number of halogens is 1. The fraction of sp³-hybridized carbons (Fsp3) is 0.171. The largest absolute Gasteiger partial charge is 0.497 e. The first-order valence-electron chi connectivity index (χ1n) is 14.5. The molecule has 7 rings (SSSR count). The van der Waals surface area contributed by atoms with Crippen molar-refractivity contribution in [1.29, 1.82) is 0 Å². The maximum atomic E-state index is 14.1. The number of imide groups is 1. The van der Waals surface area contributed by atoms with Gasteiger partial charge in [0.05, 0.1) is 12.8 Å². The maximum absolute atomic E-state index is 14.1. The predicted molar refractivity (Wildman–Crippen MR) is 164 cm³/mol. The molecular formula is C35H29FN4O4. The molecule has 44 heavy (non-hydrogen) atoms. The molecule has 3 heterocycles. The minimum Gasteiger partial charge on any atom is -0.497 e. The van der Waals surface area contributed by atoms with Gasteiger partial charge < -0.3 is 15.0 Å². The van der Waals surface area contributed by atoms with E-state index < -0.39 is 18.1 Å². The van der Waals surface area contributed by atoms with Crippen molar-refractivity contribution in [1.82, 2.24) is 15.2 Å². The number of benzene rings is 4. The van der Waals surface area contributed by atoms with Crippen LogP contribution in [-0.2, 0) is 17.6 Å². The molecule has 4 amide bonds. The van der Waals surface area contributed by atoms with E-state index >= 15 is 0 Å². The molecule has 2 atom stereocenters. The van der Waals surface area contributed by atoms with E-state index in [1.807, 2.05) is 48.5 Å². The van der Waals surface area contributed by atoms with Gasteiger partial charge in [0.2, 0.25) is 0 Å². The minimum absolute atomic E-state index is 0.267. The molecule has 0 radical (unpaired) electrons. The maximum Gasteiger partial charge on any atom is 0.332 e. The van der Waals surface area contributed by atoms with E-state index in [1.54, 1.807) is 54.5 Å². The Hall–Kier alpha value is -5.44. The normalized spacial score (nSPS) is 17.5. The number of H-pyrrole nitrogens is 1. The van der Waals surface area contributed by atoms with Gasteiger partial charge in [0.15, 0.2) is 0 Å². The molecule has 4 aromatic carbocycles. The lowest BCUT2D eigenvalue weighted by Crippen LogP contribution is -2.44. The zero-order valence-corrected chi connectivity index (χ0v) is 23.9. The summed E-state index contributed by atoms with van der Waals surface area (Å²) in [5, 5.41) is 3.83. The molecule has 220 valence electrons. The van der Waals surface area contributed by atoms with Crippen molar-refractivity contribution in [3.05, 3.63) is 131 Å². The Labute approximate surface area is 253 Å². The minimum atomic E-state index is -0.692. The number of nitrogens with one attached hydrogen (secondary N) is 2. The topological polar surface area (TPSA) is 94.7 Å². The Kier molecular flexibility index (Phi) is 6.85. The summed E-state index contributed by atoms with van der Waals surface area (Å²) in [6.45, 7) is 0.267. The van der Waals surface area contributed by atoms with Gasteiger partial charge in [-0.05, 0) is 71.6 Å². The van der Waals surface area contributed by atoms with Crippen molar-refractivity contribution in [2.45, 2.75) is 24.9 Å². The second-order valence-electron chi connectivity index (χ2n) is 11.0. The molecule has 1 fully saturated rings. The van der Waals surface area contributed by atoms with E-state index in [2.05, 4.69) is 10.3 Å². The zero-order chi connectivity index (χ0) is 30.4. The number of aromatic nitrogens is 1. The standard InChI is InChI=1S/C35H29FN4O4/c1-44-25-16-12-22(13-17-25)32-31-27(26-7-3-5-9-29(26)38-31)20-30-34(42)39(35(43)40(30)32)24-14-10-23(11-15-24)33(41)37-19-18-21-6-2-4-8-28(21)36/h2-17,30,32,38H,18-20H2,1H3,(H,37,41). The van der Waals surface area contributed by atoms with E-state index in [-0.39, 0.29) is 24.2 Å². The second-order valence-corrected chi connectivity index (χ2v) is 11.0. The fourth-order valence-corrected chi connectivity index (χ4v) is 6.32. The fourth-order valence-electron chi connectivity index (χ4n) is 6.32. The Morgan fingerprint density at radius 3 is 2.43 bits per heavy atom. The third kappa shape index (κ3) is 4.57. The number of rotatable bonds is 7. The van der Waals surface area contributed by atoms with Gasteiger partial charge in [0.25, 0.3) is 11.8 Å². The first-order valence-corrected chi connectivity index (χ1v) is 14.5. The number of ether oxygens (including phenoxy) is 1. The number of carbonyl (C=O) groups excluding carboxylic acids is 3. The van der Waals surface area contributed by atoms with Crippen LogP contribution in [0.3, 0.4) is 0 Å². The molecule has 2 N–H and O–H groups in total. The SMILES string of the molecule is COc1ccc(C2c3[nH]c4ccccc4c3CC3C(=O)N(c4ccc(C(=O)NCCc5ccccc5F)cc4)C(=O)N32)cc1. The molecule has 8 nitrogen and oxygen atoms in total. The Morgan fingerprint density at radius 1 is 0.955 bits per heavy atom. The van der Waals surface area contributed by atoms with Gasteiger partial charge in [0.1, 0.15) is 23.7 Å². The number of urea groups is 1. The van der Waals surface area contributed by atoms with Crippen molar-refractivity contribution in [3.63, 3.8) is 0 Å². The number of methoxy groups -OCH3 is 1. The molecular weight excluding hydrogens is 559 g/mol. The van der Waals surface area contributed by atoms with Crippen molar-refractivity contribution in [2.75, 3.05) is 18.6 Å². The number of hydrogen-bond donors (Lipinski definition) is 2. The van der Waals surface area contributed by atoms with Crippen LogP contribution in [0.2, 0.25) is 0 Å². The molecule has 2 aliphatic rings. The van der Waals surface area contributed by atoms with Crippen LogP contribution in [0.4, 0.5) is 14.9 Å². The number of amides is 4. The monoisotopic (exact) mass is 588 g/mol. The van der Waals surface area contributed by atoms with Gasteiger partial charge in [-0.25, -0.2) is 14.1 Å². The molecule has 2 unspecified atom stereocenters. The smallest absolute Gasteiger partial charge is 0.332 e. The molecule has 9 heteroatoms. The summed E-state index contributed by atoms with van der Waals surface area (Å²) in [6.07, 6.45) is 0.743. The molecule has 5 aromatic rings. The highest BCUT2D eigenvalue weighted by atomic mass is 19.1. The van der Waals surface area contributed by atoms with Gasteiger partial charge in [-0.2, -0.15) is 0 Å². The van der Waals surface area contributed by atoms with Crippen LogP contribution in [0.5, 0.6) is 5.75 Å². The van der Waals surface area contributed by atoms with E-state index in [9.17, 15) is 18.8 Å². The molecule has 0 saturated carbocycles. The molecule has 1 saturated heterocycles. The van der Waals surface area contributed by atoms with Crippen LogP contribution in [0.25, 0.3) is 10.9 Å². The van der Waals surface area contributed by atoms with Crippen molar-refractivity contribution < 1.29 is 23.5 Å². The lowest BCUT2D eigenvalue weighted by molar-refractivity contribution is -0.120. The highest BCUT2D eigenvalue weighted by molar-refractivity contribution is 6.22. The van der Waals surface area contributed by atoms with Gasteiger partial charge in [-0.3, -0.25) is 14.5 Å². The number of aromatic amines is 1. The number of nitrogens with zero attached hydrogens (tertiary/aromatic N) is 2. The number of para-hydroxylation sites is 1. The van der Waals surface area contributed by atoms with Crippen LogP contribution >= 0.6 is 0 Å². The summed E-state index contributed by atoms with van der Waals surface area (Å²) in [7, 11) is 1.60. The summed E-state index contributed by atoms with van der Waals surface area (Å²) in [5.41, 5.74) is 5.00. The first kappa shape index (κ1) is 27.4. The molecule has 0 spiro atoms. The highest BCUT2D eigenvalue weighted by Crippen LogP contribution is 2.45.